The maximum absolute atomic E-state index is 12.0. The van der Waals surface area contributed by atoms with Gasteiger partial charge in [0.1, 0.15) is 6.61 Å². The fourth-order valence-corrected chi connectivity index (χ4v) is 1.52. The first-order valence-corrected chi connectivity index (χ1v) is 6.16. The van der Waals surface area contributed by atoms with Crippen LogP contribution in [-0.4, -0.2) is 35.7 Å². The van der Waals surface area contributed by atoms with Gasteiger partial charge in [0.2, 0.25) is 0 Å². The first-order chi connectivity index (χ1) is 9.00. The summed E-state index contributed by atoms with van der Waals surface area (Å²) >= 11 is 0. The van der Waals surface area contributed by atoms with E-state index in [1.165, 1.54) is 6.20 Å². The maximum Gasteiger partial charge on any atom is 0.293 e. The van der Waals surface area contributed by atoms with Crippen molar-refractivity contribution in [2.24, 2.45) is 5.92 Å². The van der Waals surface area contributed by atoms with Gasteiger partial charge in [-0.15, -0.1) is 0 Å². The monoisotopic (exact) mass is 275 g/mol. The molecule has 0 amide bonds. The van der Waals surface area contributed by atoms with Crippen LogP contribution in [0, 0.1) is 5.92 Å². The van der Waals surface area contributed by atoms with Gasteiger partial charge in [0.25, 0.3) is 12.0 Å². The lowest BCUT2D eigenvalue weighted by Crippen LogP contribution is -2.27. The molecule has 1 aromatic rings. The number of halogens is 2. The Labute approximate surface area is 110 Å². The third kappa shape index (κ3) is 5.78. The number of rotatable bonds is 8. The van der Waals surface area contributed by atoms with Gasteiger partial charge in [-0.1, -0.05) is 13.8 Å². The molecule has 0 spiro atoms. The van der Waals surface area contributed by atoms with Crippen molar-refractivity contribution in [2.75, 3.05) is 25.1 Å². The Kier molecular flexibility index (Phi) is 6.41. The molecule has 0 aliphatic rings. The van der Waals surface area contributed by atoms with Gasteiger partial charge in [-0.2, -0.15) is 0 Å². The SMILES string of the molecule is CC(C)Cn1ccnc(NCCOCC(F)F)c1=O. The van der Waals surface area contributed by atoms with Crippen molar-refractivity contribution in [1.29, 1.82) is 0 Å². The van der Waals surface area contributed by atoms with Gasteiger partial charge in [0.15, 0.2) is 5.82 Å². The van der Waals surface area contributed by atoms with Crippen molar-refractivity contribution in [2.45, 2.75) is 26.8 Å². The first-order valence-electron chi connectivity index (χ1n) is 6.16. The summed E-state index contributed by atoms with van der Waals surface area (Å²) < 4.78 is 29.9. The molecule has 1 heterocycles. The van der Waals surface area contributed by atoms with E-state index >= 15 is 0 Å². The van der Waals surface area contributed by atoms with Crippen molar-refractivity contribution < 1.29 is 13.5 Å². The standard InChI is InChI=1S/C12H19F2N3O2/c1-9(2)7-17-5-3-15-11(12(17)18)16-4-6-19-8-10(13)14/h3,5,9-10H,4,6-8H2,1-2H3,(H,15,16). The molecule has 0 atom stereocenters. The van der Waals surface area contributed by atoms with Crippen LogP contribution in [0.15, 0.2) is 17.2 Å². The van der Waals surface area contributed by atoms with Gasteiger partial charge in [-0.25, -0.2) is 13.8 Å². The number of nitrogens with zero attached hydrogens (tertiary/aromatic N) is 2. The number of alkyl halides is 2. The van der Waals surface area contributed by atoms with Crippen molar-refractivity contribution >= 4 is 5.82 Å². The minimum Gasteiger partial charge on any atom is -0.374 e. The van der Waals surface area contributed by atoms with E-state index < -0.39 is 13.0 Å². The minimum atomic E-state index is -2.47. The lowest BCUT2D eigenvalue weighted by Gasteiger charge is -2.10. The minimum absolute atomic E-state index is 0.102. The first kappa shape index (κ1) is 15.6. The summed E-state index contributed by atoms with van der Waals surface area (Å²) in [7, 11) is 0. The largest absolute Gasteiger partial charge is 0.374 e. The Morgan fingerprint density at radius 3 is 2.84 bits per heavy atom. The lowest BCUT2D eigenvalue weighted by molar-refractivity contribution is 0.0214. The van der Waals surface area contributed by atoms with Gasteiger partial charge in [-0.3, -0.25) is 4.79 Å². The fraction of sp³-hybridized carbons (Fsp3) is 0.667. The van der Waals surface area contributed by atoms with Gasteiger partial charge in [0, 0.05) is 25.5 Å². The summed E-state index contributed by atoms with van der Waals surface area (Å²) in [5, 5.41) is 2.79. The number of nitrogens with one attached hydrogen (secondary N) is 1. The lowest BCUT2D eigenvalue weighted by atomic mass is 10.2. The molecule has 0 aliphatic heterocycles. The molecule has 108 valence electrons. The molecule has 0 fully saturated rings. The zero-order chi connectivity index (χ0) is 14.3. The van der Waals surface area contributed by atoms with Crippen LogP contribution in [0.1, 0.15) is 13.8 Å². The van der Waals surface area contributed by atoms with Gasteiger partial charge in [-0.05, 0) is 5.92 Å². The Bertz CT molecular complexity index is 435. The molecule has 0 aromatic carbocycles. The van der Waals surface area contributed by atoms with E-state index in [4.69, 9.17) is 4.74 Å². The topological polar surface area (TPSA) is 56.1 Å². The number of hydrogen-bond acceptors (Lipinski definition) is 4. The highest BCUT2D eigenvalue weighted by Gasteiger charge is 2.06. The highest BCUT2D eigenvalue weighted by molar-refractivity contribution is 5.30. The Morgan fingerprint density at radius 2 is 2.21 bits per heavy atom. The predicted octanol–water partition coefficient (Wildman–Crippen LogP) is 1.59. The highest BCUT2D eigenvalue weighted by Crippen LogP contribution is 1.98. The zero-order valence-corrected chi connectivity index (χ0v) is 11.1. The average Bonchev–Trinajstić information content (AvgIpc) is 2.32. The molecular formula is C12H19F2N3O2. The molecule has 1 rings (SSSR count). The fourth-order valence-electron chi connectivity index (χ4n) is 1.52. The van der Waals surface area contributed by atoms with Crippen LogP contribution in [-0.2, 0) is 11.3 Å². The summed E-state index contributed by atoms with van der Waals surface area (Å²) in [6.45, 7) is 4.40. The van der Waals surface area contributed by atoms with E-state index in [0.717, 1.165) is 0 Å². The maximum atomic E-state index is 12.0. The predicted molar refractivity (Wildman–Crippen MR) is 68.6 cm³/mol. The molecule has 7 heteroatoms. The molecule has 0 bridgehead atoms. The number of aromatic nitrogens is 2. The molecule has 5 nitrogen and oxygen atoms in total. The second-order valence-electron chi connectivity index (χ2n) is 4.52. The van der Waals surface area contributed by atoms with Crippen molar-refractivity contribution in [3.63, 3.8) is 0 Å². The van der Waals surface area contributed by atoms with E-state index in [2.05, 4.69) is 10.3 Å². The molecule has 1 N–H and O–H groups in total. The van der Waals surface area contributed by atoms with Crippen LogP contribution in [0.2, 0.25) is 0 Å². The van der Waals surface area contributed by atoms with Crippen LogP contribution in [0.25, 0.3) is 0 Å². The van der Waals surface area contributed by atoms with Crippen LogP contribution in [0.5, 0.6) is 0 Å². The normalized spacial score (nSPS) is 11.3. The zero-order valence-electron chi connectivity index (χ0n) is 11.1. The van der Waals surface area contributed by atoms with Gasteiger partial charge >= 0.3 is 0 Å². The third-order valence-corrected chi connectivity index (χ3v) is 2.26. The van der Waals surface area contributed by atoms with E-state index in [-0.39, 0.29) is 24.5 Å². The molecule has 0 unspecified atom stereocenters. The summed E-state index contributed by atoms with van der Waals surface area (Å²) in [5.74, 6) is 0.561. The van der Waals surface area contributed by atoms with Crippen LogP contribution in [0.4, 0.5) is 14.6 Å². The summed E-state index contributed by atoms with van der Waals surface area (Å²) in [6.07, 6.45) is 0.686. The van der Waals surface area contributed by atoms with E-state index in [0.29, 0.717) is 12.5 Å². The average molecular weight is 275 g/mol. The van der Waals surface area contributed by atoms with Gasteiger partial charge in [0.05, 0.1) is 6.61 Å². The summed E-state index contributed by atoms with van der Waals surface area (Å²) in [5.41, 5.74) is -0.218. The van der Waals surface area contributed by atoms with Crippen molar-refractivity contribution in [1.82, 2.24) is 9.55 Å². The second-order valence-corrected chi connectivity index (χ2v) is 4.52. The number of anilines is 1. The summed E-state index contributed by atoms with van der Waals surface area (Å²) in [4.78, 5) is 15.9. The molecule has 0 saturated carbocycles. The molecule has 19 heavy (non-hydrogen) atoms. The van der Waals surface area contributed by atoms with Crippen LogP contribution >= 0.6 is 0 Å². The highest BCUT2D eigenvalue weighted by atomic mass is 19.3. The van der Waals surface area contributed by atoms with Crippen molar-refractivity contribution in [3.05, 3.63) is 22.7 Å². The molecule has 0 radical (unpaired) electrons. The quantitative estimate of drug-likeness (QED) is 0.732. The van der Waals surface area contributed by atoms with Crippen molar-refractivity contribution in [3.8, 4) is 0 Å². The van der Waals surface area contributed by atoms with Crippen LogP contribution < -0.4 is 10.9 Å². The second kappa shape index (κ2) is 7.83. The molecule has 0 aliphatic carbocycles. The Hall–Kier alpha value is -1.50. The van der Waals surface area contributed by atoms with E-state index in [9.17, 15) is 13.6 Å². The Morgan fingerprint density at radius 1 is 1.47 bits per heavy atom. The number of ether oxygens (including phenoxy) is 1. The molecule has 1 aromatic heterocycles. The van der Waals surface area contributed by atoms with E-state index in [1.54, 1.807) is 10.8 Å². The smallest absolute Gasteiger partial charge is 0.293 e. The van der Waals surface area contributed by atoms with Gasteiger partial charge < -0.3 is 14.6 Å². The molecule has 0 saturated heterocycles. The third-order valence-electron chi connectivity index (χ3n) is 2.26. The number of hydrogen-bond donors (Lipinski definition) is 1. The summed E-state index contributed by atoms with van der Waals surface area (Å²) in [6, 6.07) is 0. The molecular weight excluding hydrogens is 256 g/mol. The Balaban J connectivity index is 2.48. The van der Waals surface area contributed by atoms with E-state index in [1.807, 2.05) is 13.8 Å². The van der Waals surface area contributed by atoms with Crippen LogP contribution in [0.3, 0.4) is 0 Å².